The van der Waals surface area contributed by atoms with Crippen molar-refractivity contribution in [2.45, 2.75) is 13.3 Å². The van der Waals surface area contributed by atoms with Gasteiger partial charge in [0.05, 0.1) is 5.70 Å². The number of rotatable bonds is 4. The lowest BCUT2D eigenvalue weighted by Gasteiger charge is -2.18. The van der Waals surface area contributed by atoms with Gasteiger partial charge in [-0.25, -0.2) is 0 Å². The van der Waals surface area contributed by atoms with Crippen LogP contribution in [0.2, 0.25) is 0 Å². The fourth-order valence-corrected chi connectivity index (χ4v) is 2.03. The number of carbonyl (C=O) groups is 2. The Labute approximate surface area is 111 Å². The first-order chi connectivity index (χ1) is 9.21. The first kappa shape index (κ1) is 13.0. The minimum absolute atomic E-state index is 0.485. The number of hydrogen-bond acceptors (Lipinski definition) is 5. The number of nitrogens with zero attached hydrogens (tertiary/aromatic N) is 1. The summed E-state index contributed by atoms with van der Waals surface area (Å²) in [6.45, 7) is 1.87. The minimum atomic E-state index is 0.485. The Morgan fingerprint density at radius 2 is 2.11 bits per heavy atom. The van der Waals surface area contributed by atoms with E-state index < -0.39 is 0 Å². The molecule has 1 aromatic rings. The Hall–Kier alpha value is -2.43. The van der Waals surface area contributed by atoms with Gasteiger partial charge in [0.1, 0.15) is 12.6 Å². The van der Waals surface area contributed by atoms with Crippen LogP contribution in [-0.4, -0.2) is 25.8 Å². The Morgan fingerprint density at radius 3 is 2.74 bits per heavy atom. The van der Waals surface area contributed by atoms with Crippen molar-refractivity contribution in [2.24, 2.45) is 5.10 Å². The second kappa shape index (κ2) is 5.48. The highest BCUT2D eigenvalue weighted by Gasteiger charge is 2.16. The third-order valence-corrected chi connectivity index (χ3v) is 3.11. The van der Waals surface area contributed by atoms with Crippen LogP contribution in [0.1, 0.15) is 27.9 Å². The normalized spacial score (nSPS) is 14.0. The van der Waals surface area contributed by atoms with Gasteiger partial charge in [0.15, 0.2) is 0 Å². The molecule has 2 rings (SSSR count). The van der Waals surface area contributed by atoms with Gasteiger partial charge < -0.3 is 5.32 Å². The van der Waals surface area contributed by atoms with Crippen LogP contribution in [0.15, 0.2) is 22.8 Å². The van der Waals surface area contributed by atoms with Gasteiger partial charge in [-0.1, -0.05) is 0 Å². The lowest BCUT2D eigenvalue weighted by molar-refractivity contribution is -0.104. The summed E-state index contributed by atoms with van der Waals surface area (Å²) in [5, 5.41) is 7.05. The highest BCUT2D eigenvalue weighted by molar-refractivity contribution is 5.96. The fourth-order valence-electron chi connectivity index (χ4n) is 2.03. The number of benzene rings is 1. The zero-order valence-corrected chi connectivity index (χ0v) is 10.9. The number of allylic oxidation sites excluding steroid dienone is 1. The molecule has 0 aliphatic carbocycles. The number of carbonyl (C=O) groups excluding carboxylic acids is 2. The third-order valence-electron chi connectivity index (χ3n) is 3.11. The SMILES string of the molecule is CNc1cc(C)c(C=O)cc1C1=C(C=O)CC=NN1. The fraction of sp³-hybridized carbons (Fsp3) is 0.214. The van der Waals surface area contributed by atoms with Crippen LogP contribution < -0.4 is 10.7 Å². The second-order valence-electron chi connectivity index (χ2n) is 4.27. The van der Waals surface area contributed by atoms with E-state index in [9.17, 15) is 9.59 Å². The van der Waals surface area contributed by atoms with Crippen molar-refractivity contribution >= 4 is 30.2 Å². The first-order valence-electron chi connectivity index (χ1n) is 5.95. The molecule has 1 aliphatic heterocycles. The summed E-state index contributed by atoms with van der Waals surface area (Å²) in [6, 6.07) is 3.65. The summed E-state index contributed by atoms with van der Waals surface area (Å²) < 4.78 is 0. The average Bonchev–Trinajstić information content (AvgIpc) is 2.46. The molecule has 5 heteroatoms. The van der Waals surface area contributed by atoms with Crippen LogP contribution >= 0.6 is 0 Å². The summed E-state index contributed by atoms with van der Waals surface area (Å²) in [6.07, 6.45) is 3.75. The number of aldehydes is 2. The monoisotopic (exact) mass is 257 g/mol. The molecule has 0 aromatic heterocycles. The van der Waals surface area contributed by atoms with Gasteiger partial charge in [-0.15, -0.1) is 0 Å². The van der Waals surface area contributed by atoms with Gasteiger partial charge in [-0.05, 0) is 24.6 Å². The van der Waals surface area contributed by atoms with E-state index in [1.807, 2.05) is 13.0 Å². The van der Waals surface area contributed by atoms with Gasteiger partial charge >= 0.3 is 0 Å². The molecule has 0 bridgehead atoms. The smallest absolute Gasteiger partial charge is 0.150 e. The number of hydrogen-bond donors (Lipinski definition) is 2. The van der Waals surface area contributed by atoms with Crippen molar-refractivity contribution in [2.75, 3.05) is 12.4 Å². The van der Waals surface area contributed by atoms with Gasteiger partial charge in [-0.2, -0.15) is 5.10 Å². The second-order valence-corrected chi connectivity index (χ2v) is 4.27. The van der Waals surface area contributed by atoms with Gasteiger partial charge in [-0.3, -0.25) is 15.0 Å². The van der Waals surface area contributed by atoms with E-state index in [1.54, 1.807) is 19.3 Å². The van der Waals surface area contributed by atoms with Crippen molar-refractivity contribution in [1.29, 1.82) is 0 Å². The van der Waals surface area contributed by atoms with Crippen molar-refractivity contribution in [3.8, 4) is 0 Å². The van der Waals surface area contributed by atoms with E-state index in [1.165, 1.54) is 0 Å². The molecule has 2 N–H and O–H groups in total. The van der Waals surface area contributed by atoms with Gasteiger partial charge in [0.2, 0.25) is 0 Å². The van der Waals surface area contributed by atoms with E-state index in [4.69, 9.17) is 0 Å². The quantitative estimate of drug-likeness (QED) is 0.806. The van der Waals surface area contributed by atoms with Crippen molar-refractivity contribution in [1.82, 2.24) is 5.43 Å². The van der Waals surface area contributed by atoms with Crippen LogP contribution in [0, 0.1) is 6.92 Å². The molecule has 1 heterocycles. The number of hydrazone groups is 1. The molecule has 0 saturated carbocycles. The summed E-state index contributed by atoms with van der Waals surface area (Å²) >= 11 is 0. The maximum absolute atomic E-state index is 11.1. The van der Waals surface area contributed by atoms with Gasteiger partial charge in [0, 0.05) is 42.1 Å². The first-order valence-corrected chi connectivity index (χ1v) is 5.95. The summed E-state index contributed by atoms with van der Waals surface area (Å²) in [5.74, 6) is 0. The van der Waals surface area contributed by atoms with Crippen molar-refractivity contribution < 1.29 is 9.59 Å². The van der Waals surface area contributed by atoms with Crippen LogP contribution in [0.3, 0.4) is 0 Å². The molecule has 0 radical (unpaired) electrons. The maximum atomic E-state index is 11.1. The van der Waals surface area contributed by atoms with Crippen LogP contribution in [0.4, 0.5) is 5.69 Å². The van der Waals surface area contributed by atoms with Crippen LogP contribution in [0.25, 0.3) is 5.70 Å². The maximum Gasteiger partial charge on any atom is 0.150 e. The average molecular weight is 257 g/mol. The lowest BCUT2D eigenvalue weighted by Crippen LogP contribution is -2.15. The van der Waals surface area contributed by atoms with Crippen LogP contribution in [0.5, 0.6) is 0 Å². The Morgan fingerprint density at radius 1 is 1.32 bits per heavy atom. The molecular weight excluding hydrogens is 242 g/mol. The lowest BCUT2D eigenvalue weighted by atomic mass is 9.98. The van der Waals surface area contributed by atoms with Crippen LogP contribution in [-0.2, 0) is 4.79 Å². The number of aryl methyl sites for hydroxylation is 1. The van der Waals surface area contributed by atoms with Crippen molar-refractivity contribution in [3.05, 3.63) is 34.4 Å². The van der Waals surface area contributed by atoms with E-state index in [2.05, 4.69) is 15.8 Å². The Kier molecular flexibility index (Phi) is 3.75. The largest absolute Gasteiger partial charge is 0.388 e. The Balaban J connectivity index is 2.63. The van der Waals surface area contributed by atoms with E-state index in [-0.39, 0.29) is 0 Å². The topological polar surface area (TPSA) is 70.6 Å². The van der Waals surface area contributed by atoms with Gasteiger partial charge in [0.25, 0.3) is 0 Å². The predicted molar refractivity (Wildman–Crippen MR) is 75.3 cm³/mol. The van der Waals surface area contributed by atoms with Crippen molar-refractivity contribution in [3.63, 3.8) is 0 Å². The minimum Gasteiger partial charge on any atom is -0.388 e. The molecule has 0 unspecified atom stereocenters. The Bertz CT molecular complexity index is 589. The van der Waals surface area contributed by atoms with E-state index in [0.717, 1.165) is 29.4 Å². The predicted octanol–water partition coefficient (Wildman–Crippen LogP) is 1.74. The molecule has 98 valence electrons. The molecule has 19 heavy (non-hydrogen) atoms. The molecule has 0 spiro atoms. The molecule has 0 amide bonds. The molecule has 1 aliphatic rings. The molecule has 5 nitrogen and oxygen atoms in total. The highest BCUT2D eigenvalue weighted by Crippen LogP contribution is 2.28. The highest BCUT2D eigenvalue weighted by atomic mass is 16.1. The van der Waals surface area contributed by atoms with E-state index in [0.29, 0.717) is 23.3 Å². The molecular formula is C14H15N3O2. The molecule has 1 aromatic carbocycles. The molecule has 0 atom stereocenters. The summed E-state index contributed by atoms with van der Waals surface area (Å²) in [4.78, 5) is 22.2. The zero-order valence-electron chi connectivity index (χ0n) is 10.9. The van der Waals surface area contributed by atoms with E-state index >= 15 is 0 Å². The standard InChI is InChI=1S/C14H15N3O2/c1-9-5-13(15-2)12(6-11(9)8-19)14-10(7-18)3-4-16-17-14/h4-8,15,17H,3H2,1-2H3. The zero-order chi connectivity index (χ0) is 13.8. The summed E-state index contributed by atoms with van der Waals surface area (Å²) in [5.41, 5.74) is 7.21. The number of anilines is 1. The molecule has 0 fully saturated rings. The third kappa shape index (κ3) is 2.40. The number of nitrogens with one attached hydrogen (secondary N) is 2. The molecule has 0 saturated heterocycles. The summed E-state index contributed by atoms with van der Waals surface area (Å²) in [7, 11) is 1.80.